The van der Waals surface area contributed by atoms with Crippen molar-refractivity contribution in [2.45, 2.75) is 18.9 Å². The molecular weight excluding hydrogens is 408 g/mol. The number of carbonyl (C=O) groups excluding carboxylic acids is 1. The van der Waals surface area contributed by atoms with Crippen molar-refractivity contribution in [3.63, 3.8) is 0 Å². The molecule has 168 valence electrons. The summed E-state index contributed by atoms with van der Waals surface area (Å²) in [6.07, 6.45) is 7.23. The van der Waals surface area contributed by atoms with Gasteiger partial charge in [-0.25, -0.2) is 0 Å². The van der Waals surface area contributed by atoms with Gasteiger partial charge < -0.3 is 31.0 Å². The Labute approximate surface area is 186 Å². The molecule has 2 aliphatic heterocycles. The Morgan fingerprint density at radius 3 is 2.75 bits per heavy atom. The number of benzene rings is 1. The summed E-state index contributed by atoms with van der Waals surface area (Å²) >= 11 is 0. The number of nitrogens with one attached hydrogen (secondary N) is 5. The summed E-state index contributed by atoms with van der Waals surface area (Å²) in [5.41, 5.74) is 1.02. The first-order valence-corrected chi connectivity index (χ1v) is 10.8. The summed E-state index contributed by atoms with van der Waals surface area (Å²) in [5, 5.41) is 12.3. The highest BCUT2D eigenvalue weighted by atomic mass is 16.5. The Hall–Kier alpha value is -3.59. The van der Waals surface area contributed by atoms with Crippen LogP contribution in [-0.4, -0.2) is 43.8 Å². The molecule has 2 aliphatic rings. The highest BCUT2D eigenvalue weighted by molar-refractivity contribution is 6.04. The fourth-order valence-corrected chi connectivity index (χ4v) is 3.68. The number of piperidine rings is 1. The first-order valence-electron chi connectivity index (χ1n) is 10.8. The fraction of sp³-hybridized carbons (Fsp3) is 0.348. The van der Waals surface area contributed by atoms with Crippen molar-refractivity contribution in [2.24, 2.45) is 10.9 Å². The van der Waals surface area contributed by atoms with Gasteiger partial charge in [-0.1, -0.05) is 0 Å². The molecule has 0 aliphatic carbocycles. The van der Waals surface area contributed by atoms with Crippen LogP contribution in [0.1, 0.15) is 34.8 Å². The molecule has 9 heteroatoms. The van der Waals surface area contributed by atoms with Gasteiger partial charge in [-0.2, -0.15) is 0 Å². The molecule has 0 spiro atoms. The van der Waals surface area contributed by atoms with Crippen molar-refractivity contribution < 1.29 is 9.53 Å². The summed E-state index contributed by atoms with van der Waals surface area (Å²) in [5.74, 6) is 1.69. The van der Waals surface area contributed by atoms with E-state index < -0.39 is 0 Å². The van der Waals surface area contributed by atoms with E-state index in [2.05, 4.69) is 31.2 Å². The number of hydrogen-bond acceptors (Lipinski definition) is 7. The van der Waals surface area contributed by atoms with Gasteiger partial charge in [0.1, 0.15) is 17.3 Å². The molecule has 1 unspecified atom stereocenters. The third-order valence-corrected chi connectivity index (χ3v) is 5.61. The third kappa shape index (κ3) is 5.36. The minimum atomic E-state index is -0.374. The second-order valence-electron chi connectivity index (χ2n) is 7.87. The van der Waals surface area contributed by atoms with Gasteiger partial charge in [-0.3, -0.25) is 14.6 Å². The minimum absolute atomic E-state index is 0.175. The average Bonchev–Trinajstić information content (AvgIpc) is 2.85. The van der Waals surface area contributed by atoms with Gasteiger partial charge in [0.25, 0.3) is 11.5 Å². The largest absolute Gasteiger partial charge is 0.493 e. The van der Waals surface area contributed by atoms with Crippen LogP contribution in [0.25, 0.3) is 0 Å². The molecule has 1 saturated heterocycles. The lowest BCUT2D eigenvalue weighted by Gasteiger charge is -2.22. The second kappa shape index (κ2) is 10.1. The number of carbonyl (C=O) groups is 1. The normalized spacial score (nSPS) is 18.4. The minimum Gasteiger partial charge on any atom is -0.493 e. The van der Waals surface area contributed by atoms with E-state index in [4.69, 9.17) is 4.74 Å². The van der Waals surface area contributed by atoms with Crippen LogP contribution in [0.2, 0.25) is 0 Å². The molecule has 1 aromatic heterocycles. The quantitative estimate of drug-likeness (QED) is 0.451. The van der Waals surface area contributed by atoms with Crippen LogP contribution in [0.5, 0.6) is 5.75 Å². The zero-order chi connectivity index (χ0) is 22.3. The van der Waals surface area contributed by atoms with E-state index in [0.29, 0.717) is 18.1 Å². The van der Waals surface area contributed by atoms with Crippen molar-refractivity contribution in [1.82, 2.24) is 20.9 Å². The van der Waals surface area contributed by atoms with Gasteiger partial charge >= 0.3 is 0 Å². The molecule has 1 aromatic carbocycles. The van der Waals surface area contributed by atoms with Crippen molar-refractivity contribution in [1.29, 1.82) is 0 Å². The number of anilines is 1. The lowest BCUT2D eigenvalue weighted by atomic mass is 9.99. The van der Waals surface area contributed by atoms with E-state index in [-0.39, 0.29) is 23.2 Å². The molecule has 5 N–H and O–H groups in total. The maximum absolute atomic E-state index is 12.7. The van der Waals surface area contributed by atoms with E-state index in [0.717, 1.165) is 43.1 Å². The lowest BCUT2D eigenvalue weighted by Crippen LogP contribution is -2.31. The SMILES string of the molecule is CNC1=CN=CC(c2c[nH]c(=O)c(NC(=O)c3ccc(OCC4CCNCC4)cc3)c2)N1. The van der Waals surface area contributed by atoms with Gasteiger partial charge in [0.2, 0.25) is 0 Å². The Bertz CT molecular complexity index is 1050. The summed E-state index contributed by atoms with van der Waals surface area (Å²) in [6, 6.07) is 8.38. The predicted octanol–water partition coefficient (Wildman–Crippen LogP) is 1.74. The number of pyridine rings is 1. The molecule has 3 heterocycles. The standard InChI is InChI=1S/C23H28N6O3/c1-24-21-13-26-12-20(28-21)17-10-19(23(31)27-11-17)29-22(30)16-2-4-18(5-3-16)32-14-15-6-8-25-9-7-15/h2-5,10-13,15,20,24-25,28H,6-9,14H2,1H3,(H,27,31)(H,29,30). The Morgan fingerprint density at radius 1 is 1.22 bits per heavy atom. The van der Waals surface area contributed by atoms with E-state index in [9.17, 15) is 9.59 Å². The van der Waals surface area contributed by atoms with Crippen LogP contribution in [0, 0.1) is 5.92 Å². The van der Waals surface area contributed by atoms with Crippen LogP contribution in [0.15, 0.2) is 58.3 Å². The van der Waals surface area contributed by atoms with E-state index in [1.165, 1.54) is 0 Å². The van der Waals surface area contributed by atoms with Crippen LogP contribution < -0.4 is 31.6 Å². The summed E-state index contributed by atoms with van der Waals surface area (Å²) in [7, 11) is 1.79. The van der Waals surface area contributed by atoms with Crippen LogP contribution >= 0.6 is 0 Å². The van der Waals surface area contributed by atoms with Crippen molar-refractivity contribution >= 4 is 17.8 Å². The summed E-state index contributed by atoms with van der Waals surface area (Å²) < 4.78 is 5.87. The number of aliphatic imine (C=N–C) groups is 1. The zero-order valence-corrected chi connectivity index (χ0v) is 18.0. The Balaban J connectivity index is 1.38. The number of aromatic amines is 1. The van der Waals surface area contributed by atoms with Gasteiger partial charge in [0.05, 0.1) is 18.8 Å². The molecule has 1 atom stereocenters. The Morgan fingerprint density at radius 2 is 2.00 bits per heavy atom. The third-order valence-electron chi connectivity index (χ3n) is 5.61. The second-order valence-corrected chi connectivity index (χ2v) is 7.87. The summed E-state index contributed by atoms with van der Waals surface area (Å²) in [6.45, 7) is 2.74. The maximum Gasteiger partial charge on any atom is 0.271 e. The first kappa shape index (κ1) is 21.6. The van der Waals surface area contributed by atoms with E-state index in [1.807, 2.05) is 0 Å². The first-order chi connectivity index (χ1) is 15.6. The molecule has 9 nitrogen and oxygen atoms in total. The number of amides is 1. The lowest BCUT2D eigenvalue weighted by molar-refractivity contribution is 0.102. The van der Waals surface area contributed by atoms with Gasteiger partial charge in [0, 0.05) is 25.0 Å². The van der Waals surface area contributed by atoms with E-state index >= 15 is 0 Å². The number of ether oxygens (including phenoxy) is 1. The number of rotatable bonds is 7. The van der Waals surface area contributed by atoms with Crippen molar-refractivity contribution in [3.8, 4) is 5.75 Å². The number of hydrogen-bond donors (Lipinski definition) is 5. The predicted molar refractivity (Wildman–Crippen MR) is 124 cm³/mol. The van der Waals surface area contributed by atoms with Crippen molar-refractivity contribution in [2.75, 3.05) is 32.1 Å². The van der Waals surface area contributed by atoms with Gasteiger partial charge in [-0.05, 0) is 67.7 Å². The molecule has 0 bridgehead atoms. The number of nitrogens with zero attached hydrogens (tertiary/aromatic N) is 1. The molecule has 0 radical (unpaired) electrons. The molecule has 32 heavy (non-hydrogen) atoms. The maximum atomic E-state index is 12.7. The number of aromatic nitrogens is 1. The number of H-pyrrole nitrogens is 1. The van der Waals surface area contributed by atoms with Crippen LogP contribution in [0.3, 0.4) is 0 Å². The topological polar surface area (TPSA) is 120 Å². The molecular formula is C23H28N6O3. The van der Waals surface area contributed by atoms with Gasteiger partial charge in [0.15, 0.2) is 0 Å². The molecule has 4 rings (SSSR count). The molecule has 2 aromatic rings. The van der Waals surface area contributed by atoms with Gasteiger partial charge in [-0.15, -0.1) is 0 Å². The smallest absolute Gasteiger partial charge is 0.271 e. The zero-order valence-electron chi connectivity index (χ0n) is 18.0. The average molecular weight is 437 g/mol. The van der Waals surface area contributed by atoms with Crippen LogP contribution in [0.4, 0.5) is 5.69 Å². The Kier molecular flexibility index (Phi) is 6.86. The molecule has 0 saturated carbocycles. The highest BCUT2D eigenvalue weighted by Crippen LogP contribution is 2.19. The van der Waals surface area contributed by atoms with Crippen LogP contribution in [-0.2, 0) is 0 Å². The van der Waals surface area contributed by atoms with E-state index in [1.54, 1.807) is 56.0 Å². The fourth-order valence-electron chi connectivity index (χ4n) is 3.68. The highest BCUT2D eigenvalue weighted by Gasteiger charge is 2.17. The van der Waals surface area contributed by atoms with Crippen molar-refractivity contribution in [3.05, 3.63) is 70.0 Å². The monoisotopic (exact) mass is 436 g/mol. The molecule has 1 fully saturated rings. The summed E-state index contributed by atoms with van der Waals surface area (Å²) in [4.78, 5) is 31.8. The molecule has 1 amide bonds.